The monoisotopic (exact) mass is 782 g/mol. The molecule has 61 heavy (non-hydrogen) atoms. The van der Waals surface area contributed by atoms with Gasteiger partial charge in [-0.1, -0.05) is 146 Å². The van der Waals surface area contributed by atoms with E-state index >= 15 is 0 Å². The smallest absolute Gasteiger partial charge is 0.0973 e. The summed E-state index contributed by atoms with van der Waals surface area (Å²) in [4.78, 5) is 12.8. The van der Waals surface area contributed by atoms with Crippen LogP contribution in [0.4, 0.5) is 11.4 Å². The lowest BCUT2D eigenvalue weighted by atomic mass is 9.96. The van der Waals surface area contributed by atoms with E-state index in [1.165, 1.54) is 49.8 Å². The third-order valence-electron chi connectivity index (χ3n) is 12.0. The second kappa shape index (κ2) is 15.4. The van der Waals surface area contributed by atoms with Crippen LogP contribution in [0, 0.1) is 5.92 Å². The molecule has 11 rings (SSSR count). The summed E-state index contributed by atoms with van der Waals surface area (Å²) < 4.78 is 2.40. The molecule has 0 radical (unpaired) electrons. The van der Waals surface area contributed by atoms with Crippen LogP contribution in [0.3, 0.4) is 0 Å². The minimum atomic E-state index is 0.325. The van der Waals surface area contributed by atoms with E-state index in [9.17, 15) is 0 Å². The molecule has 8 aromatic carbocycles. The predicted octanol–water partition coefficient (Wildman–Crippen LogP) is 15.0. The third-order valence-corrected chi connectivity index (χ3v) is 12.0. The van der Waals surface area contributed by atoms with E-state index in [0.717, 1.165) is 57.0 Å². The zero-order valence-electron chi connectivity index (χ0n) is 33.9. The fourth-order valence-corrected chi connectivity index (χ4v) is 8.94. The normalized spacial score (nSPS) is 13.8. The fraction of sp³-hybridized carbons (Fsp3) is 0.0526. The Morgan fingerprint density at radius 1 is 0.459 bits per heavy atom. The Kier molecular flexibility index (Phi) is 9.16. The number of allylic oxidation sites excluding steroid dienone is 4. The number of aromatic nitrogens is 3. The summed E-state index contributed by atoms with van der Waals surface area (Å²) in [6.45, 7) is 2.32. The summed E-state index contributed by atoms with van der Waals surface area (Å²) in [5.41, 5.74) is 17.4. The van der Waals surface area contributed by atoms with Crippen LogP contribution in [0.5, 0.6) is 0 Å². The summed E-state index contributed by atoms with van der Waals surface area (Å²) in [6.07, 6.45) is 7.72. The van der Waals surface area contributed by atoms with Crippen LogP contribution in [0.1, 0.15) is 13.3 Å². The maximum Gasteiger partial charge on any atom is 0.0973 e. The molecule has 4 nitrogen and oxygen atoms in total. The standard InChI is InChI=1S/C57H42N4/c1-39-16-11-14-27-53(39)60(47-31-28-42(29-32-47)57-56(41-19-7-3-8-20-41)58-51-25-12-13-26-52(51)59-57)48-33-35-55-50(38-48)49-37-45(30-34-54(49)61(55)46-23-9-4-10-24-46)44-22-15-21-43(36-44)40-17-5-2-6-18-40/h2-15,17-39H,16H2,1H3. The molecule has 1 atom stereocenters. The number of hydrogen-bond donors (Lipinski definition) is 0. The van der Waals surface area contributed by atoms with Gasteiger partial charge in [-0.15, -0.1) is 0 Å². The van der Waals surface area contributed by atoms with Gasteiger partial charge in [-0.3, -0.25) is 0 Å². The Morgan fingerprint density at radius 2 is 0.967 bits per heavy atom. The first kappa shape index (κ1) is 36.3. The zero-order chi connectivity index (χ0) is 40.7. The van der Waals surface area contributed by atoms with Crippen molar-refractivity contribution in [3.05, 3.63) is 224 Å². The Bertz CT molecular complexity index is 3270. The summed E-state index contributed by atoms with van der Waals surface area (Å²) in [5, 5.41) is 2.42. The van der Waals surface area contributed by atoms with Crippen molar-refractivity contribution in [1.29, 1.82) is 0 Å². The molecule has 1 aliphatic carbocycles. The van der Waals surface area contributed by atoms with E-state index in [1.54, 1.807) is 0 Å². The van der Waals surface area contributed by atoms with Gasteiger partial charge < -0.3 is 9.47 Å². The first-order valence-corrected chi connectivity index (χ1v) is 21.1. The van der Waals surface area contributed by atoms with Gasteiger partial charge in [-0.25, -0.2) is 9.97 Å². The highest BCUT2D eigenvalue weighted by molar-refractivity contribution is 6.12. The van der Waals surface area contributed by atoms with Crippen LogP contribution in [0.25, 0.3) is 83.3 Å². The molecule has 290 valence electrons. The predicted molar refractivity (Wildman–Crippen MR) is 255 cm³/mol. The molecule has 1 unspecified atom stereocenters. The minimum Gasteiger partial charge on any atom is -0.314 e. The van der Waals surface area contributed by atoms with Gasteiger partial charge in [0.15, 0.2) is 0 Å². The van der Waals surface area contributed by atoms with Gasteiger partial charge >= 0.3 is 0 Å². The van der Waals surface area contributed by atoms with Gasteiger partial charge in [-0.2, -0.15) is 0 Å². The summed E-state index contributed by atoms with van der Waals surface area (Å²) >= 11 is 0. The van der Waals surface area contributed by atoms with Gasteiger partial charge in [0.05, 0.1) is 33.5 Å². The van der Waals surface area contributed by atoms with Crippen LogP contribution < -0.4 is 4.90 Å². The number of anilines is 2. The molecule has 2 aromatic heterocycles. The van der Waals surface area contributed by atoms with Crippen LogP contribution in [0.2, 0.25) is 0 Å². The summed E-state index contributed by atoms with van der Waals surface area (Å²) in [6, 6.07) is 71.5. The number of benzene rings is 8. The minimum absolute atomic E-state index is 0.325. The Balaban J connectivity index is 1.07. The van der Waals surface area contributed by atoms with E-state index in [0.29, 0.717) is 5.92 Å². The molecule has 4 heteroatoms. The molecule has 0 bridgehead atoms. The number of para-hydroxylation sites is 3. The van der Waals surface area contributed by atoms with E-state index < -0.39 is 0 Å². The molecule has 1 aliphatic rings. The summed E-state index contributed by atoms with van der Waals surface area (Å²) in [7, 11) is 0. The molecule has 0 saturated carbocycles. The van der Waals surface area contributed by atoms with Crippen molar-refractivity contribution in [2.24, 2.45) is 5.92 Å². The first-order valence-electron chi connectivity index (χ1n) is 21.1. The number of rotatable bonds is 8. The lowest BCUT2D eigenvalue weighted by Gasteiger charge is -2.32. The van der Waals surface area contributed by atoms with Crippen molar-refractivity contribution in [1.82, 2.24) is 14.5 Å². The molecule has 0 N–H and O–H groups in total. The van der Waals surface area contributed by atoms with Crippen molar-refractivity contribution in [2.75, 3.05) is 4.90 Å². The van der Waals surface area contributed by atoms with Gasteiger partial charge in [0.25, 0.3) is 0 Å². The molecular weight excluding hydrogens is 741 g/mol. The van der Waals surface area contributed by atoms with Crippen molar-refractivity contribution >= 4 is 44.2 Å². The van der Waals surface area contributed by atoms with Crippen molar-refractivity contribution in [3.63, 3.8) is 0 Å². The maximum atomic E-state index is 5.20. The molecular formula is C57H42N4. The lowest BCUT2D eigenvalue weighted by molar-refractivity contribution is 0.670. The summed E-state index contributed by atoms with van der Waals surface area (Å²) in [5.74, 6) is 0.325. The van der Waals surface area contributed by atoms with Crippen LogP contribution >= 0.6 is 0 Å². The zero-order valence-corrected chi connectivity index (χ0v) is 33.9. The Labute approximate surface area is 356 Å². The van der Waals surface area contributed by atoms with Gasteiger partial charge in [0.2, 0.25) is 0 Å². The number of fused-ring (bicyclic) bond motifs is 4. The van der Waals surface area contributed by atoms with Crippen LogP contribution in [0.15, 0.2) is 224 Å². The van der Waals surface area contributed by atoms with Crippen molar-refractivity contribution in [2.45, 2.75) is 13.3 Å². The van der Waals surface area contributed by atoms with Gasteiger partial charge in [-0.05, 0) is 108 Å². The fourth-order valence-electron chi connectivity index (χ4n) is 8.94. The molecule has 0 saturated heterocycles. The highest BCUT2D eigenvalue weighted by Gasteiger charge is 2.23. The van der Waals surface area contributed by atoms with Crippen molar-refractivity contribution in [3.8, 4) is 50.5 Å². The SMILES string of the molecule is CC1CC=CC=C1N(c1ccc(-c2nc3ccccc3nc2-c2ccccc2)cc1)c1ccc2c(c1)c1cc(-c3cccc(-c4ccccc4)c3)ccc1n2-c1ccccc1. The van der Waals surface area contributed by atoms with Crippen LogP contribution in [-0.2, 0) is 0 Å². The van der Waals surface area contributed by atoms with Crippen LogP contribution in [-0.4, -0.2) is 14.5 Å². The highest BCUT2D eigenvalue weighted by Crippen LogP contribution is 2.42. The van der Waals surface area contributed by atoms with Crippen molar-refractivity contribution < 1.29 is 0 Å². The lowest BCUT2D eigenvalue weighted by Crippen LogP contribution is -2.22. The third kappa shape index (κ3) is 6.69. The molecule has 2 heterocycles. The molecule has 0 amide bonds. The van der Waals surface area contributed by atoms with E-state index in [4.69, 9.17) is 9.97 Å². The van der Waals surface area contributed by atoms with E-state index in [2.05, 4.69) is 204 Å². The number of hydrogen-bond acceptors (Lipinski definition) is 3. The number of nitrogens with zero attached hydrogens (tertiary/aromatic N) is 4. The first-order chi connectivity index (χ1) is 30.2. The van der Waals surface area contributed by atoms with E-state index in [-0.39, 0.29) is 0 Å². The highest BCUT2D eigenvalue weighted by atomic mass is 15.2. The molecule has 10 aromatic rings. The second-order valence-corrected chi connectivity index (χ2v) is 15.9. The molecule has 0 fully saturated rings. The maximum absolute atomic E-state index is 5.20. The molecule has 0 aliphatic heterocycles. The quantitative estimate of drug-likeness (QED) is 0.154. The van der Waals surface area contributed by atoms with E-state index in [1.807, 2.05) is 30.3 Å². The van der Waals surface area contributed by atoms with Gasteiger partial charge in [0, 0.05) is 50.6 Å². The Morgan fingerprint density at radius 3 is 1.64 bits per heavy atom. The molecule has 0 spiro atoms. The van der Waals surface area contributed by atoms with Gasteiger partial charge in [0.1, 0.15) is 0 Å². The second-order valence-electron chi connectivity index (χ2n) is 15.9. The largest absolute Gasteiger partial charge is 0.314 e. The average molecular weight is 783 g/mol. The topological polar surface area (TPSA) is 34.0 Å². The Hall–Kier alpha value is -7.82. The average Bonchev–Trinajstić information content (AvgIpc) is 3.66.